The Hall–Kier alpha value is -3.92. The Bertz CT molecular complexity index is 1530. The van der Waals surface area contributed by atoms with Crippen molar-refractivity contribution in [1.29, 1.82) is 0 Å². The van der Waals surface area contributed by atoms with E-state index < -0.39 is 10.0 Å². The van der Waals surface area contributed by atoms with Gasteiger partial charge in [-0.3, -0.25) is 9.52 Å². The van der Waals surface area contributed by atoms with Crippen LogP contribution in [0, 0.1) is 13.8 Å². The van der Waals surface area contributed by atoms with Gasteiger partial charge in [0, 0.05) is 56.1 Å². The predicted molar refractivity (Wildman–Crippen MR) is 146 cm³/mol. The number of nitrogens with zero attached hydrogens (tertiary/aromatic N) is 5. The van der Waals surface area contributed by atoms with Crippen LogP contribution in [-0.4, -0.2) is 59.9 Å². The Morgan fingerprint density at radius 1 is 1.00 bits per heavy atom. The molecule has 1 fully saturated rings. The first-order chi connectivity index (χ1) is 17.7. The van der Waals surface area contributed by atoms with Crippen LogP contribution in [0.2, 0.25) is 0 Å². The van der Waals surface area contributed by atoms with Gasteiger partial charge in [0.2, 0.25) is 5.91 Å². The highest BCUT2D eigenvalue weighted by molar-refractivity contribution is 7.92. The van der Waals surface area contributed by atoms with Crippen molar-refractivity contribution in [2.75, 3.05) is 35.8 Å². The predicted octanol–water partition coefficient (Wildman–Crippen LogP) is 4.00. The van der Waals surface area contributed by atoms with Crippen LogP contribution in [-0.2, 0) is 14.8 Å². The van der Waals surface area contributed by atoms with Gasteiger partial charge in [0.15, 0.2) is 0 Å². The fourth-order valence-corrected chi connectivity index (χ4v) is 5.96. The Morgan fingerprint density at radius 2 is 1.73 bits per heavy atom. The summed E-state index contributed by atoms with van der Waals surface area (Å²) in [5.41, 5.74) is 4.27. The zero-order valence-corrected chi connectivity index (χ0v) is 21.9. The quantitative estimate of drug-likeness (QED) is 0.412. The number of amides is 1. The lowest BCUT2D eigenvalue weighted by molar-refractivity contribution is -0.134. The lowest BCUT2D eigenvalue weighted by Gasteiger charge is -2.37. The first kappa shape index (κ1) is 24.8. The molecule has 1 unspecified atom stereocenters. The number of sulfonamides is 1. The van der Waals surface area contributed by atoms with Crippen molar-refractivity contribution < 1.29 is 14.6 Å². The molecule has 1 amide bonds. The Kier molecular flexibility index (Phi) is 6.59. The third-order valence-corrected chi connectivity index (χ3v) is 8.23. The molecule has 2 aromatic heterocycles. The maximum absolute atomic E-state index is 13.4. The molecule has 2 aromatic carbocycles. The number of carbonyl (C=O) groups is 1. The van der Waals surface area contributed by atoms with Crippen molar-refractivity contribution in [1.82, 2.24) is 19.4 Å². The number of hydrogen-bond donors (Lipinski definition) is 1. The second-order valence-electron chi connectivity index (χ2n) is 9.40. The lowest BCUT2D eigenvalue weighted by Crippen LogP contribution is -2.50. The standard InChI is InChI=1S/C27H30N6O3S.H2/c1-19-4-9-25-22(16-19)17-20(2)33(25)21(3)27(34)32-14-12-31(13-15-32)23-5-7-24(8-6-23)37(35,36)30-26-10-11-28-18-29-26;/h4-11,16-18,21H,12-15H2,1-3H3,(H,28,29,30);1H. The molecular weight excluding hydrogens is 488 g/mol. The first-order valence-electron chi connectivity index (χ1n) is 12.2. The van der Waals surface area contributed by atoms with Gasteiger partial charge in [-0.2, -0.15) is 0 Å². The Morgan fingerprint density at radius 3 is 2.41 bits per heavy atom. The van der Waals surface area contributed by atoms with E-state index in [0.29, 0.717) is 26.2 Å². The van der Waals surface area contributed by atoms with Crippen LogP contribution in [0.5, 0.6) is 0 Å². The Balaban J connectivity index is 0.00000336. The van der Waals surface area contributed by atoms with Gasteiger partial charge >= 0.3 is 0 Å². The van der Waals surface area contributed by atoms with E-state index in [1.54, 1.807) is 24.3 Å². The second kappa shape index (κ2) is 9.85. The van der Waals surface area contributed by atoms with Crippen molar-refractivity contribution in [3.8, 4) is 0 Å². The van der Waals surface area contributed by atoms with Crippen molar-refractivity contribution in [3.05, 3.63) is 78.4 Å². The summed E-state index contributed by atoms with van der Waals surface area (Å²) in [6, 6.07) is 16.4. The molecule has 0 bridgehead atoms. The molecule has 0 spiro atoms. The summed E-state index contributed by atoms with van der Waals surface area (Å²) < 4.78 is 29.9. The van der Waals surface area contributed by atoms with Gasteiger partial charge < -0.3 is 14.4 Å². The minimum absolute atomic E-state index is 0. The van der Waals surface area contributed by atoms with Gasteiger partial charge in [-0.1, -0.05) is 11.6 Å². The van der Waals surface area contributed by atoms with Crippen LogP contribution in [0.4, 0.5) is 11.5 Å². The van der Waals surface area contributed by atoms with E-state index in [2.05, 4.69) is 55.3 Å². The Labute approximate surface area is 218 Å². The van der Waals surface area contributed by atoms with Crippen molar-refractivity contribution >= 4 is 38.3 Å². The highest BCUT2D eigenvalue weighted by Gasteiger charge is 2.27. The van der Waals surface area contributed by atoms with Gasteiger partial charge in [-0.05, 0) is 69.3 Å². The summed E-state index contributed by atoms with van der Waals surface area (Å²) in [6.07, 6.45) is 2.76. The topological polar surface area (TPSA) is 100 Å². The van der Waals surface area contributed by atoms with Gasteiger partial charge in [0.05, 0.1) is 4.90 Å². The van der Waals surface area contributed by atoms with Crippen LogP contribution >= 0.6 is 0 Å². The number of aryl methyl sites for hydroxylation is 2. The van der Waals surface area contributed by atoms with E-state index in [9.17, 15) is 13.2 Å². The average Bonchev–Trinajstić information content (AvgIpc) is 3.23. The van der Waals surface area contributed by atoms with Crippen molar-refractivity contribution in [2.24, 2.45) is 0 Å². The van der Waals surface area contributed by atoms with E-state index in [0.717, 1.165) is 22.3 Å². The van der Waals surface area contributed by atoms with Crippen LogP contribution in [0.15, 0.2) is 72.0 Å². The van der Waals surface area contributed by atoms with Crippen molar-refractivity contribution in [2.45, 2.75) is 31.7 Å². The molecule has 5 rings (SSSR count). The molecule has 1 N–H and O–H groups in total. The molecule has 1 aliphatic heterocycles. The molecule has 9 nitrogen and oxygen atoms in total. The maximum Gasteiger partial charge on any atom is 0.263 e. The van der Waals surface area contributed by atoms with Crippen molar-refractivity contribution in [3.63, 3.8) is 0 Å². The molecule has 0 radical (unpaired) electrons. The zero-order valence-electron chi connectivity index (χ0n) is 21.1. The fraction of sp³-hybridized carbons (Fsp3) is 0.296. The summed E-state index contributed by atoms with van der Waals surface area (Å²) in [6.45, 7) is 8.65. The molecule has 3 heterocycles. The van der Waals surface area contributed by atoms with Gasteiger partial charge in [0.25, 0.3) is 10.0 Å². The minimum Gasteiger partial charge on any atom is -0.368 e. The normalized spacial score (nSPS) is 15.1. The van der Waals surface area contributed by atoms with Crippen LogP contribution < -0.4 is 9.62 Å². The second-order valence-corrected chi connectivity index (χ2v) is 11.1. The van der Waals surface area contributed by atoms with Crippen LogP contribution in [0.3, 0.4) is 0 Å². The molecule has 4 aromatic rings. The monoisotopic (exact) mass is 520 g/mol. The maximum atomic E-state index is 13.4. The largest absolute Gasteiger partial charge is 0.368 e. The minimum atomic E-state index is -3.75. The zero-order chi connectivity index (χ0) is 26.2. The average molecular weight is 521 g/mol. The molecule has 0 aliphatic carbocycles. The highest BCUT2D eigenvalue weighted by Crippen LogP contribution is 2.27. The number of piperazine rings is 1. The molecule has 1 atom stereocenters. The molecule has 10 heteroatoms. The summed E-state index contributed by atoms with van der Waals surface area (Å²) in [4.78, 5) is 25.4. The molecule has 1 saturated heterocycles. The van der Waals surface area contributed by atoms with Gasteiger partial charge in [0.1, 0.15) is 18.2 Å². The SMILES string of the molecule is Cc1ccc2c(c1)cc(C)n2C(C)C(=O)N1CCN(c2ccc(S(=O)(=O)Nc3ccncn3)cc2)CC1.[HH]. The van der Waals surface area contributed by atoms with Crippen LogP contribution in [0.25, 0.3) is 10.9 Å². The summed E-state index contributed by atoms with van der Waals surface area (Å²) >= 11 is 0. The van der Waals surface area contributed by atoms with Gasteiger partial charge in [-0.25, -0.2) is 18.4 Å². The number of aromatic nitrogens is 3. The first-order valence-corrected chi connectivity index (χ1v) is 13.7. The number of hydrogen-bond acceptors (Lipinski definition) is 6. The number of carbonyl (C=O) groups excluding carboxylic acids is 1. The molecule has 37 heavy (non-hydrogen) atoms. The summed E-state index contributed by atoms with van der Waals surface area (Å²) in [5.74, 6) is 0.324. The molecule has 194 valence electrons. The smallest absolute Gasteiger partial charge is 0.263 e. The fourth-order valence-electron chi connectivity index (χ4n) is 4.95. The van der Waals surface area contributed by atoms with E-state index in [-0.39, 0.29) is 24.1 Å². The summed E-state index contributed by atoms with van der Waals surface area (Å²) in [5, 5.41) is 1.15. The third-order valence-electron chi connectivity index (χ3n) is 6.86. The highest BCUT2D eigenvalue weighted by atomic mass is 32.2. The lowest BCUT2D eigenvalue weighted by atomic mass is 10.1. The molecule has 0 saturated carbocycles. The number of benzene rings is 2. The summed E-state index contributed by atoms with van der Waals surface area (Å²) in [7, 11) is -3.75. The number of anilines is 2. The van der Waals surface area contributed by atoms with E-state index in [1.165, 1.54) is 24.2 Å². The van der Waals surface area contributed by atoms with Crippen LogP contribution in [0.1, 0.15) is 25.6 Å². The van der Waals surface area contributed by atoms with E-state index in [1.807, 2.05) is 18.7 Å². The molecule has 1 aliphatic rings. The molecular formula is C27H32N6O3S. The van der Waals surface area contributed by atoms with E-state index >= 15 is 0 Å². The van der Waals surface area contributed by atoms with E-state index in [4.69, 9.17) is 0 Å². The number of rotatable bonds is 6. The third kappa shape index (κ3) is 5.01. The number of nitrogens with one attached hydrogen (secondary N) is 1. The number of fused-ring (bicyclic) bond motifs is 1. The van der Waals surface area contributed by atoms with Gasteiger partial charge in [-0.15, -0.1) is 0 Å².